The van der Waals surface area contributed by atoms with Gasteiger partial charge in [0.05, 0.1) is 5.02 Å². The number of pyridine rings is 1. The predicted octanol–water partition coefficient (Wildman–Crippen LogP) is 1.55. The van der Waals surface area contributed by atoms with Gasteiger partial charge in [-0.3, -0.25) is 19.3 Å². The van der Waals surface area contributed by atoms with Crippen molar-refractivity contribution < 1.29 is 14.7 Å². The molecule has 0 radical (unpaired) electrons. The molecule has 1 atom stereocenters. The van der Waals surface area contributed by atoms with E-state index in [4.69, 9.17) is 17.3 Å². The molecule has 1 aliphatic heterocycles. The maximum absolute atomic E-state index is 12.2. The SMILES string of the molecule is CC(C)(C)C(C(=O)O)N1CCC(CNC(=O)c2cc(Cl)c(N)[nH]c2=O)CC1. The third kappa shape index (κ3) is 5.23. The number of aromatic nitrogens is 1. The average molecular weight is 399 g/mol. The van der Waals surface area contributed by atoms with Gasteiger partial charge in [-0.1, -0.05) is 32.4 Å². The molecule has 1 fully saturated rings. The van der Waals surface area contributed by atoms with Crippen molar-refractivity contribution in [1.82, 2.24) is 15.2 Å². The molecule has 1 aliphatic rings. The topological polar surface area (TPSA) is 129 Å². The fourth-order valence-corrected chi connectivity index (χ4v) is 3.67. The van der Waals surface area contributed by atoms with Gasteiger partial charge >= 0.3 is 5.97 Å². The number of anilines is 1. The number of aromatic amines is 1. The number of nitrogens with two attached hydrogens (primary N) is 1. The molecule has 0 saturated carbocycles. The molecular weight excluding hydrogens is 372 g/mol. The monoisotopic (exact) mass is 398 g/mol. The van der Waals surface area contributed by atoms with E-state index in [2.05, 4.69) is 10.3 Å². The second-order valence-electron chi connectivity index (χ2n) is 8.07. The highest BCUT2D eigenvalue weighted by Gasteiger charge is 2.38. The minimum absolute atomic E-state index is 0.0254. The zero-order chi connectivity index (χ0) is 20.4. The second kappa shape index (κ2) is 8.31. The van der Waals surface area contributed by atoms with Crippen LogP contribution in [0.1, 0.15) is 44.0 Å². The third-order valence-corrected chi connectivity index (χ3v) is 5.20. The van der Waals surface area contributed by atoms with E-state index in [0.29, 0.717) is 19.6 Å². The molecule has 0 aromatic carbocycles. The third-order valence-electron chi connectivity index (χ3n) is 4.89. The lowest BCUT2D eigenvalue weighted by atomic mass is 9.83. The number of H-pyrrole nitrogens is 1. The first-order chi connectivity index (χ1) is 12.5. The van der Waals surface area contributed by atoms with E-state index in [-0.39, 0.29) is 27.7 Å². The molecule has 1 amide bonds. The lowest BCUT2D eigenvalue weighted by molar-refractivity contribution is -0.148. The number of rotatable bonds is 5. The van der Waals surface area contributed by atoms with E-state index >= 15 is 0 Å². The summed E-state index contributed by atoms with van der Waals surface area (Å²) in [6, 6.07) is 0.720. The van der Waals surface area contributed by atoms with Crippen LogP contribution < -0.4 is 16.6 Å². The second-order valence-corrected chi connectivity index (χ2v) is 8.48. The Morgan fingerprint density at radius 1 is 1.41 bits per heavy atom. The Labute approximate surface area is 163 Å². The summed E-state index contributed by atoms with van der Waals surface area (Å²) in [4.78, 5) is 40.0. The minimum atomic E-state index is -0.811. The molecule has 0 spiro atoms. The van der Waals surface area contributed by atoms with Gasteiger partial charge in [-0.2, -0.15) is 0 Å². The number of piperidine rings is 1. The Balaban J connectivity index is 1.91. The molecule has 1 saturated heterocycles. The van der Waals surface area contributed by atoms with Gasteiger partial charge < -0.3 is 21.1 Å². The molecule has 0 aliphatic carbocycles. The number of likely N-dealkylation sites (tertiary alicyclic amines) is 1. The molecule has 9 heteroatoms. The van der Waals surface area contributed by atoms with Gasteiger partial charge in [0.1, 0.15) is 17.4 Å². The summed E-state index contributed by atoms with van der Waals surface area (Å²) in [5.74, 6) is -1.06. The smallest absolute Gasteiger partial charge is 0.321 e. The van der Waals surface area contributed by atoms with Gasteiger partial charge in [0.15, 0.2) is 0 Å². The number of aliphatic carboxylic acids is 1. The van der Waals surface area contributed by atoms with Crippen molar-refractivity contribution in [3.05, 3.63) is 27.0 Å². The van der Waals surface area contributed by atoms with Crippen LogP contribution in [0.4, 0.5) is 5.82 Å². The standard InChI is InChI=1S/C18H27ClN4O4/c1-18(2,3)13(17(26)27)23-6-4-10(5-7-23)9-21-15(24)11-8-12(19)14(20)22-16(11)25/h8,10,13H,4-7,9H2,1-3H3,(H,21,24)(H,26,27)(H3,20,22,25). The molecule has 8 nitrogen and oxygen atoms in total. The van der Waals surface area contributed by atoms with E-state index in [0.717, 1.165) is 12.8 Å². The number of halogens is 1. The van der Waals surface area contributed by atoms with Crippen molar-refractivity contribution in [3.8, 4) is 0 Å². The van der Waals surface area contributed by atoms with E-state index in [1.807, 2.05) is 25.7 Å². The minimum Gasteiger partial charge on any atom is -0.480 e. The van der Waals surface area contributed by atoms with E-state index < -0.39 is 23.5 Å². The Kier molecular flexibility index (Phi) is 6.54. The maximum atomic E-state index is 12.2. The average Bonchev–Trinajstić information content (AvgIpc) is 2.55. The van der Waals surface area contributed by atoms with Gasteiger partial charge in [-0.25, -0.2) is 0 Å². The Hall–Kier alpha value is -2.06. The fourth-order valence-electron chi connectivity index (χ4n) is 3.51. The van der Waals surface area contributed by atoms with Crippen molar-refractivity contribution in [2.75, 3.05) is 25.4 Å². The number of hydrogen-bond donors (Lipinski definition) is 4. The molecule has 2 rings (SSSR count). The van der Waals surface area contributed by atoms with E-state index in [1.54, 1.807) is 0 Å². The van der Waals surface area contributed by atoms with Crippen LogP contribution >= 0.6 is 11.6 Å². The first-order valence-corrected chi connectivity index (χ1v) is 9.32. The van der Waals surface area contributed by atoms with Crippen LogP contribution in [0.25, 0.3) is 0 Å². The highest BCUT2D eigenvalue weighted by atomic mass is 35.5. The first-order valence-electron chi connectivity index (χ1n) is 8.94. The molecular formula is C18H27ClN4O4. The van der Waals surface area contributed by atoms with Crippen LogP contribution in [0.2, 0.25) is 5.02 Å². The highest BCUT2D eigenvalue weighted by Crippen LogP contribution is 2.28. The van der Waals surface area contributed by atoms with Gasteiger partial charge in [-0.15, -0.1) is 0 Å². The van der Waals surface area contributed by atoms with Gasteiger partial charge in [-0.05, 0) is 43.3 Å². The normalized spacial score (nSPS) is 17.5. The first kappa shape index (κ1) is 21.2. The summed E-state index contributed by atoms with van der Waals surface area (Å²) >= 11 is 5.86. The summed E-state index contributed by atoms with van der Waals surface area (Å²) in [5, 5.41) is 12.4. The summed E-state index contributed by atoms with van der Waals surface area (Å²) in [6.07, 6.45) is 1.55. The Morgan fingerprint density at radius 3 is 2.52 bits per heavy atom. The van der Waals surface area contributed by atoms with Crippen LogP contribution in [0.3, 0.4) is 0 Å². The molecule has 1 aromatic heterocycles. The van der Waals surface area contributed by atoms with Gasteiger partial charge in [0.2, 0.25) is 0 Å². The number of hydrogen-bond acceptors (Lipinski definition) is 5. The van der Waals surface area contributed by atoms with Crippen molar-refractivity contribution in [2.24, 2.45) is 11.3 Å². The largest absolute Gasteiger partial charge is 0.480 e. The van der Waals surface area contributed by atoms with Crippen LogP contribution in [0, 0.1) is 11.3 Å². The molecule has 150 valence electrons. The van der Waals surface area contributed by atoms with Crippen LogP contribution in [-0.4, -0.2) is 52.5 Å². The number of amides is 1. The van der Waals surface area contributed by atoms with Crippen molar-refractivity contribution in [2.45, 2.75) is 39.7 Å². The quantitative estimate of drug-likeness (QED) is 0.595. The van der Waals surface area contributed by atoms with Crippen molar-refractivity contribution in [3.63, 3.8) is 0 Å². The summed E-state index contributed by atoms with van der Waals surface area (Å²) in [5.41, 5.74) is 4.48. The van der Waals surface area contributed by atoms with Crippen LogP contribution in [-0.2, 0) is 4.79 Å². The summed E-state index contributed by atoms with van der Waals surface area (Å²) in [7, 11) is 0. The lowest BCUT2D eigenvalue weighted by Gasteiger charge is -2.41. The Bertz CT molecular complexity index is 764. The number of carbonyl (C=O) groups is 2. The zero-order valence-electron chi connectivity index (χ0n) is 15.8. The summed E-state index contributed by atoms with van der Waals surface area (Å²) in [6.45, 7) is 7.50. The number of carbonyl (C=O) groups excluding carboxylic acids is 1. The van der Waals surface area contributed by atoms with Gasteiger partial charge in [0.25, 0.3) is 11.5 Å². The molecule has 5 N–H and O–H groups in total. The maximum Gasteiger partial charge on any atom is 0.321 e. The van der Waals surface area contributed by atoms with Crippen molar-refractivity contribution in [1.29, 1.82) is 0 Å². The van der Waals surface area contributed by atoms with Crippen molar-refractivity contribution >= 4 is 29.3 Å². The molecule has 0 bridgehead atoms. The fraction of sp³-hybridized carbons (Fsp3) is 0.611. The van der Waals surface area contributed by atoms with Crippen LogP contribution in [0.5, 0.6) is 0 Å². The number of nitrogens with zero attached hydrogens (tertiary/aromatic N) is 1. The molecule has 2 heterocycles. The van der Waals surface area contributed by atoms with E-state index in [1.165, 1.54) is 6.07 Å². The zero-order valence-corrected chi connectivity index (χ0v) is 16.6. The number of carboxylic acid groups (broad SMARTS) is 1. The summed E-state index contributed by atoms with van der Waals surface area (Å²) < 4.78 is 0. The molecule has 27 heavy (non-hydrogen) atoms. The number of nitrogens with one attached hydrogen (secondary N) is 2. The van der Waals surface area contributed by atoms with E-state index in [9.17, 15) is 19.5 Å². The van der Waals surface area contributed by atoms with Gasteiger partial charge in [0, 0.05) is 6.54 Å². The lowest BCUT2D eigenvalue weighted by Crippen LogP contribution is -2.52. The molecule has 1 aromatic rings. The highest BCUT2D eigenvalue weighted by molar-refractivity contribution is 6.33. The Morgan fingerprint density at radius 2 is 2.00 bits per heavy atom. The predicted molar refractivity (Wildman–Crippen MR) is 104 cm³/mol. The molecule has 1 unspecified atom stereocenters. The number of nitrogen functional groups attached to an aromatic ring is 1. The number of carboxylic acids is 1. The van der Waals surface area contributed by atoms with Crippen LogP contribution in [0.15, 0.2) is 10.9 Å².